The largest absolute Gasteiger partial charge is 0.397 e. The highest BCUT2D eigenvalue weighted by Crippen LogP contribution is 2.39. The SMILES string of the molecule is Cc1nc2cc(N(CC3CC3)CC3CC3)c(N)cc2s1. The first kappa shape index (κ1) is 12.5. The minimum Gasteiger partial charge on any atom is -0.397 e. The van der Waals surface area contributed by atoms with Crippen LogP contribution in [-0.2, 0) is 0 Å². The van der Waals surface area contributed by atoms with E-state index in [1.807, 2.05) is 0 Å². The molecule has 0 unspecified atom stereocenters. The lowest BCUT2D eigenvalue weighted by Gasteiger charge is -2.26. The summed E-state index contributed by atoms with van der Waals surface area (Å²) in [5.41, 5.74) is 9.56. The van der Waals surface area contributed by atoms with Crippen molar-refractivity contribution >= 4 is 32.9 Å². The predicted octanol–water partition coefficient (Wildman–Crippen LogP) is 3.81. The molecule has 2 saturated carbocycles. The van der Waals surface area contributed by atoms with Gasteiger partial charge in [0, 0.05) is 13.1 Å². The number of nitrogens with zero attached hydrogens (tertiary/aromatic N) is 2. The number of rotatable bonds is 5. The Morgan fingerprint density at radius 1 is 1.20 bits per heavy atom. The molecule has 0 saturated heterocycles. The number of aromatic nitrogens is 1. The maximum Gasteiger partial charge on any atom is 0.0907 e. The lowest BCUT2D eigenvalue weighted by molar-refractivity contribution is 0.680. The van der Waals surface area contributed by atoms with E-state index in [0.29, 0.717) is 0 Å². The standard InChI is InChI=1S/C16H21N3S/c1-10-18-14-7-15(13(17)6-16(14)20-10)19(8-11-2-3-11)9-12-4-5-12/h6-7,11-12H,2-5,8-9,17H2,1H3. The lowest BCUT2D eigenvalue weighted by atomic mass is 10.2. The Balaban J connectivity index is 1.69. The second kappa shape index (κ2) is 4.62. The van der Waals surface area contributed by atoms with Crippen LogP contribution in [0.5, 0.6) is 0 Å². The van der Waals surface area contributed by atoms with Gasteiger partial charge in [0.15, 0.2) is 0 Å². The van der Waals surface area contributed by atoms with Gasteiger partial charge in [0.2, 0.25) is 0 Å². The molecule has 3 nitrogen and oxygen atoms in total. The summed E-state index contributed by atoms with van der Waals surface area (Å²) in [4.78, 5) is 7.15. The van der Waals surface area contributed by atoms with Crippen molar-refractivity contribution in [1.29, 1.82) is 0 Å². The van der Waals surface area contributed by atoms with Crippen LogP contribution >= 0.6 is 11.3 Å². The highest BCUT2D eigenvalue weighted by Gasteiger charge is 2.30. The van der Waals surface area contributed by atoms with Gasteiger partial charge in [0.1, 0.15) is 0 Å². The zero-order valence-corrected chi connectivity index (χ0v) is 12.7. The molecule has 0 spiro atoms. The van der Waals surface area contributed by atoms with Gasteiger partial charge in [-0.05, 0) is 56.6 Å². The molecular weight excluding hydrogens is 266 g/mol. The Morgan fingerprint density at radius 2 is 1.85 bits per heavy atom. The Kier molecular flexibility index (Phi) is 2.88. The zero-order chi connectivity index (χ0) is 13.7. The molecule has 2 fully saturated rings. The Bertz CT molecular complexity index is 626. The van der Waals surface area contributed by atoms with Crippen molar-refractivity contribution in [1.82, 2.24) is 4.98 Å². The number of fused-ring (bicyclic) bond motifs is 1. The zero-order valence-electron chi connectivity index (χ0n) is 11.9. The van der Waals surface area contributed by atoms with E-state index in [1.54, 1.807) is 11.3 Å². The fourth-order valence-electron chi connectivity index (χ4n) is 2.86. The maximum absolute atomic E-state index is 6.33. The Labute approximate surface area is 123 Å². The summed E-state index contributed by atoms with van der Waals surface area (Å²) in [5, 5.41) is 1.12. The van der Waals surface area contributed by atoms with Gasteiger partial charge in [-0.3, -0.25) is 0 Å². The highest BCUT2D eigenvalue weighted by atomic mass is 32.1. The van der Waals surface area contributed by atoms with Crippen LogP contribution in [0.15, 0.2) is 12.1 Å². The average molecular weight is 287 g/mol. The number of thiazole rings is 1. The van der Waals surface area contributed by atoms with Crippen LogP contribution in [0.3, 0.4) is 0 Å². The van der Waals surface area contributed by atoms with Crippen LogP contribution in [-0.4, -0.2) is 18.1 Å². The molecule has 0 amide bonds. The van der Waals surface area contributed by atoms with E-state index in [1.165, 1.54) is 49.2 Å². The predicted molar refractivity (Wildman–Crippen MR) is 86.4 cm³/mol. The first-order chi connectivity index (χ1) is 9.69. The molecule has 1 heterocycles. The molecule has 1 aromatic heterocycles. The lowest BCUT2D eigenvalue weighted by Crippen LogP contribution is -2.28. The number of hydrogen-bond acceptors (Lipinski definition) is 4. The maximum atomic E-state index is 6.33. The van der Waals surface area contributed by atoms with Crippen molar-refractivity contribution in [2.75, 3.05) is 23.7 Å². The van der Waals surface area contributed by atoms with Crippen molar-refractivity contribution in [3.05, 3.63) is 17.1 Å². The summed E-state index contributed by atoms with van der Waals surface area (Å²) >= 11 is 1.73. The molecule has 0 radical (unpaired) electrons. The van der Waals surface area contributed by atoms with Crippen LogP contribution in [0.25, 0.3) is 10.2 Å². The minimum absolute atomic E-state index is 0.890. The summed E-state index contributed by atoms with van der Waals surface area (Å²) < 4.78 is 1.21. The average Bonchev–Trinajstić information content (AvgIpc) is 3.29. The van der Waals surface area contributed by atoms with Crippen molar-refractivity contribution < 1.29 is 0 Å². The van der Waals surface area contributed by atoms with Crippen LogP contribution in [0.4, 0.5) is 11.4 Å². The fraction of sp³-hybridized carbons (Fsp3) is 0.562. The number of benzene rings is 1. The topological polar surface area (TPSA) is 42.2 Å². The van der Waals surface area contributed by atoms with Gasteiger partial charge in [-0.1, -0.05) is 0 Å². The third kappa shape index (κ3) is 2.49. The van der Waals surface area contributed by atoms with Crippen molar-refractivity contribution in [2.24, 2.45) is 11.8 Å². The molecule has 2 aliphatic carbocycles. The summed E-state index contributed by atoms with van der Waals surface area (Å²) in [5.74, 6) is 1.78. The van der Waals surface area contributed by atoms with E-state index >= 15 is 0 Å². The summed E-state index contributed by atoms with van der Waals surface area (Å²) in [7, 11) is 0. The minimum atomic E-state index is 0.890. The van der Waals surface area contributed by atoms with Crippen LogP contribution < -0.4 is 10.6 Å². The van der Waals surface area contributed by atoms with Gasteiger partial charge in [0.25, 0.3) is 0 Å². The van der Waals surface area contributed by atoms with Crippen molar-refractivity contribution in [3.8, 4) is 0 Å². The number of nitrogens with two attached hydrogens (primary N) is 1. The second-order valence-corrected chi connectivity index (χ2v) is 7.64. The molecular formula is C16H21N3S. The van der Waals surface area contributed by atoms with E-state index in [9.17, 15) is 0 Å². The number of aryl methyl sites for hydroxylation is 1. The van der Waals surface area contributed by atoms with Gasteiger partial charge in [0.05, 0.1) is 26.6 Å². The van der Waals surface area contributed by atoms with E-state index in [-0.39, 0.29) is 0 Å². The monoisotopic (exact) mass is 287 g/mol. The number of nitrogen functional groups attached to an aromatic ring is 1. The first-order valence-electron chi connectivity index (χ1n) is 7.60. The van der Waals surface area contributed by atoms with E-state index < -0.39 is 0 Å². The van der Waals surface area contributed by atoms with Crippen LogP contribution in [0.1, 0.15) is 30.7 Å². The molecule has 4 heteroatoms. The van der Waals surface area contributed by atoms with Crippen LogP contribution in [0, 0.1) is 18.8 Å². The van der Waals surface area contributed by atoms with Crippen LogP contribution in [0.2, 0.25) is 0 Å². The highest BCUT2D eigenvalue weighted by molar-refractivity contribution is 7.18. The quantitative estimate of drug-likeness (QED) is 0.850. The molecule has 4 rings (SSSR count). The van der Waals surface area contributed by atoms with E-state index in [0.717, 1.165) is 28.0 Å². The molecule has 106 valence electrons. The fourth-order valence-corrected chi connectivity index (χ4v) is 3.72. The van der Waals surface area contributed by atoms with Crippen molar-refractivity contribution in [2.45, 2.75) is 32.6 Å². The molecule has 1 aromatic carbocycles. The smallest absolute Gasteiger partial charge is 0.0907 e. The third-order valence-corrected chi connectivity index (χ3v) is 5.27. The first-order valence-corrected chi connectivity index (χ1v) is 8.42. The summed E-state index contributed by atoms with van der Waals surface area (Å²) in [6.45, 7) is 4.41. The molecule has 20 heavy (non-hydrogen) atoms. The Hall–Kier alpha value is -1.29. The molecule has 0 atom stereocenters. The van der Waals surface area contributed by atoms with Gasteiger partial charge < -0.3 is 10.6 Å². The molecule has 2 aromatic rings. The number of hydrogen-bond donors (Lipinski definition) is 1. The summed E-state index contributed by atoms with van der Waals surface area (Å²) in [6.07, 6.45) is 5.55. The van der Waals surface area contributed by atoms with E-state index in [4.69, 9.17) is 5.73 Å². The van der Waals surface area contributed by atoms with Gasteiger partial charge in [-0.25, -0.2) is 4.98 Å². The van der Waals surface area contributed by atoms with Gasteiger partial charge >= 0.3 is 0 Å². The molecule has 2 aliphatic rings. The molecule has 0 aliphatic heterocycles. The normalized spacial score (nSPS) is 18.6. The Morgan fingerprint density at radius 3 is 2.45 bits per heavy atom. The van der Waals surface area contributed by atoms with Crippen molar-refractivity contribution in [3.63, 3.8) is 0 Å². The summed E-state index contributed by atoms with van der Waals surface area (Å²) in [6, 6.07) is 4.32. The molecule has 0 bridgehead atoms. The third-order valence-electron chi connectivity index (χ3n) is 4.34. The van der Waals surface area contributed by atoms with Gasteiger partial charge in [-0.2, -0.15) is 0 Å². The number of anilines is 2. The van der Waals surface area contributed by atoms with E-state index in [2.05, 4.69) is 28.9 Å². The van der Waals surface area contributed by atoms with Gasteiger partial charge in [-0.15, -0.1) is 11.3 Å². The molecule has 2 N–H and O–H groups in total. The second-order valence-electron chi connectivity index (χ2n) is 6.40.